The van der Waals surface area contributed by atoms with Gasteiger partial charge in [-0.3, -0.25) is 4.90 Å². The number of carbonyl (C=O) groups is 1. The predicted molar refractivity (Wildman–Crippen MR) is 66.5 cm³/mol. The number of carbonyl (C=O) groups excluding carboxylic acids is 1. The molecule has 1 amide bonds. The van der Waals surface area contributed by atoms with Crippen LogP contribution in [0, 0.1) is 17.6 Å². The smallest absolute Gasteiger partial charge is 0.410 e. The van der Waals surface area contributed by atoms with Gasteiger partial charge in [0, 0.05) is 12.6 Å². The first-order valence-electron chi connectivity index (χ1n) is 6.30. The summed E-state index contributed by atoms with van der Waals surface area (Å²) >= 11 is 0. The van der Waals surface area contributed by atoms with Gasteiger partial charge in [0.2, 0.25) is 0 Å². The fourth-order valence-electron chi connectivity index (χ4n) is 2.43. The van der Waals surface area contributed by atoms with Crippen molar-refractivity contribution in [3.05, 3.63) is 35.4 Å². The standard InChI is InChI=1S/C14H17F2NO2/c1-8(2)13-9(3)17(14(18)19-13)7-10-4-11(15)6-12(16)5-10/h4-6,8-9,13H,7H2,1-3H3/t9-,13-/m1/s1. The van der Waals surface area contributed by atoms with Gasteiger partial charge in [0.05, 0.1) is 6.04 Å². The van der Waals surface area contributed by atoms with E-state index >= 15 is 0 Å². The molecular weight excluding hydrogens is 252 g/mol. The molecule has 1 aromatic carbocycles. The molecule has 0 saturated carbocycles. The van der Waals surface area contributed by atoms with Gasteiger partial charge >= 0.3 is 6.09 Å². The van der Waals surface area contributed by atoms with Gasteiger partial charge in [0.1, 0.15) is 17.7 Å². The highest BCUT2D eigenvalue weighted by molar-refractivity contribution is 5.70. The monoisotopic (exact) mass is 269 g/mol. The van der Waals surface area contributed by atoms with Crippen molar-refractivity contribution in [3.8, 4) is 0 Å². The molecule has 0 aliphatic carbocycles. The second kappa shape index (κ2) is 5.15. The minimum absolute atomic E-state index is 0.112. The molecule has 104 valence electrons. The maximum atomic E-state index is 13.1. The number of nitrogens with zero attached hydrogens (tertiary/aromatic N) is 1. The first-order chi connectivity index (χ1) is 8.88. The third-order valence-corrected chi connectivity index (χ3v) is 3.37. The van der Waals surface area contributed by atoms with E-state index in [1.165, 1.54) is 17.0 Å². The fourth-order valence-corrected chi connectivity index (χ4v) is 2.43. The van der Waals surface area contributed by atoms with Crippen LogP contribution >= 0.6 is 0 Å². The summed E-state index contributed by atoms with van der Waals surface area (Å²) in [4.78, 5) is 13.3. The minimum Gasteiger partial charge on any atom is -0.444 e. The molecule has 2 rings (SSSR count). The lowest BCUT2D eigenvalue weighted by molar-refractivity contribution is 0.104. The third kappa shape index (κ3) is 2.85. The summed E-state index contributed by atoms with van der Waals surface area (Å²) in [7, 11) is 0. The predicted octanol–water partition coefficient (Wildman–Crippen LogP) is 3.33. The van der Waals surface area contributed by atoms with Gasteiger partial charge < -0.3 is 4.74 Å². The maximum absolute atomic E-state index is 13.1. The first-order valence-corrected chi connectivity index (χ1v) is 6.30. The Hall–Kier alpha value is -1.65. The molecule has 0 unspecified atom stereocenters. The number of halogens is 2. The number of benzene rings is 1. The number of ether oxygens (including phenoxy) is 1. The Labute approximate surface area is 111 Å². The van der Waals surface area contributed by atoms with Crippen molar-refractivity contribution in [1.29, 1.82) is 0 Å². The summed E-state index contributed by atoms with van der Waals surface area (Å²) in [6, 6.07) is 3.16. The molecular formula is C14H17F2NO2. The van der Waals surface area contributed by atoms with Crippen molar-refractivity contribution in [1.82, 2.24) is 4.90 Å². The topological polar surface area (TPSA) is 29.5 Å². The van der Waals surface area contributed by atoms with E-state index in [-0.39, 0.29) is 24.6 Å². The molecule has 0 radical (unpaired) electrons. The second-order valence-corrected chi connectivity index (χ2v) is 5.24. The van der Waals surface area contributed by atoms with Crippen LogP contribution in [0.2, 0.25) is 0 Å². The molecule has 1 aromatic rings. The largest absolute Gasteiger partial charge is 0.444 e. The van der Waals surface area contributed by atoms with Crippen LogP contribution in [0.1, 0.15) is 26.3 Å². The quantitative estimate of drug-likeness (QED) is 0.842. The fraction of sp³-hybridized carbons (Fsp3) is 0.500. The molecule has 1 saturated heterocycles. The highest BCUT2D eigenvalue weighted by Gasteiger charge is 2.40. The van der Waals surface area contributed by atoms with Gasteiger partial charge in [-0.25, -0.2) is 13.6 Å². The van der Waals surface area contributed by atoms with E-state index in [1.54, 1.807) is 0 Å². The SMILES string of the molecule is CC(C)[C@H]1OC(=O)N(Cc2cc(F)cc(F)c2)[C@@H]1C. The van der Waals surface area contributed by atoms with Crippen LogP contribution < -0.4 is 0 Å². The van der Waals surface area contributed by atoms with Crippen LogP contribution in [0.5, 0.6) is 0 Å². The van der Waals surface area contributed by atoms with Crippen molar-refractivity contribution in [3.63, 3.8) is 0 Å². The van der Waals surface area contributed by atoms with E-state index in [4.69, 9.17) is 4.74 Å². The van der Waals surface area contributed by atoms with E-state index in [1.807, 2.05) is 20.8 Å². The second-order valence-electron chi connectivity index (χ2n) is 5.24. The van der Waals surface area contributed by atoms with Crippen molar-refractivity contribution >= 4 is 6.09 Å². The average molecular weight is 269 g/mol. The third-order valence-electron chi connectivity index (χ3n) is 3.37. The Morgan fingerprint density at radius 2 is 1.84 bits per heavy atom. The molecule has 19 heavy (non-hydrogen) atoms. The summed E-state index contributed by atoms with van der Waals surface area (Å²) < 4.78 is 31.5. The van der Waals surface area contributed by atoms with Crippen molar-refractivity contribution in [2.24, 2.45) is 5.92 Å². The van der Waals surface area contributed by atoms with Crippen molar-refractivity contribution < 1.29 is 18.3 Å². The molecule has 0 spiro atoms. The lowest BCUT2D eigenvalue weighted by Gasteiger charge is -2.22. The van der Waals surface area contributed by atoms with Crippen LogP contribution in [0.15, 0.2) is 18.2 Å². The minimum atomic E-state index is -0.643. The van der Waals surface area contributed by atoms with E-state index < -0.39 is 17.7 Å². The number of hydrogen-bond acceptors (Lipinski definition) is 2. The van der Waals surface area contributed by atoms with Crippen LogP contribution in [0.4, 0.5) is 13.6 Å². The van der Waals surface area contributed by atoms with Gasteiger partial charge in [0.25, 0.3) is 0 Å². The molecule has 5 heteroatoms. The van der Waals surface area contributed by atoms with E-state index in [0.29, 0.717) is 5.56 Å². The highest BCUT2D eigenvalue weighted by Crippen LogP contribution is 2.26. The molecule has 2 atom stereocenters. The van der Waals surface area contributed by atoms with Crippen LogP contribution in [0.25, 0.3) is 0 Å². The van der Waals surface area contributed by atoms with E-state index in [0.717, 1.165) is 6.07 Å². The zero-order valence-corrected chi connectivity index (χ0v) is 11.2. The van der Waals surface area contributed by atoms with Crippen LogP contribution in [-0.4, -0.2) is 23.1 Å². The molecule has 3 nitrogen and oxygen atoms in total. The van der Waals surface area contributed by atoms with Gasteiger partial charge in [-0.1, -0.05) is 13.8 Å². The van der Waals surface area contributed by atoms with E-state index in [9.17, 15) is 13.6 Å². The average Bonchev–Trinajstić information content (AvgIpc) is 2.56. The summed E-state index contributed by atoms with van der Waals surface area (Å²) in [6.45, 7) is 5.97. The zero-order chi connectivity index (χ0) is 14.2. The Kier molecular flexibility index (Phi) is 3.73. The lowest BCUT2D eigenvalue weighted by atomic mass is 10.0. The number of hydrogen-bond donors (Lipinski definition) is 0. The normalized spacial score (nSPS) is 23.1. The van der Waals surface area contributed by atoms with Gasteiger partial charge in [-0.15, -0.1) is 0 Å². The van der Waals surface area contributed by atoms with E-state index in [2.05, 4.69) is 0 Å². The van der Waals surface area contributed by atoms with Gasteiger partial charge in [-0.2, -0.15) is 0 Å². The van der Waals surface area contributed by atoms with Crippen LogP contribution in [-0.2, 0) is 11.3 Å². The molecule has 1 aliphatic heterocycles. The van der Waals surface area contributed by atoms with Crippen molar-refractivity contribution in [2.45, 2.75) is 39.5 Å². The lowest BCUT2D eigenvalue weighted by Crippen LogP contribution is -2.35. The number of amides is 1. The Bertz CT molecular complexity index is 470. The Morgan fingerprint density at radius 1 is 1.26 bits per heavy atom. The summed E-state index contributed by atoms with van der Waals surface area (Å²) in [5.74, 6) is -1.08. The molecule has 1 fully saturated rings. The first kappa shape index (κ1) is 13.8. The highest BCUT2D eigenvalue weighted by atomic mass is 19.1. The number of rotatable bonds is 3. The van der Waals surface area contributed by atoms with Crippen LogP contribution in [0.3, 0.4) is 0 Å². The Balaban J connectivity index is 2.16. The molecule has 1 aliphatic rings. The molecule has 1 heterocycles. The molecule has 0 N–H and O–H groups in total. The molecule has 0 bridgehead atoms. The van der Waals surface area contributed by atoms with Gasteiger partial charge in [0.15, 0.2) is 0 Å². The number of cyclic esters (lactones) is 1. The Morgan fingerprint density at radius 3 is 2.32 bits per heavy atom. The molecule has 0 aromatic heterocycles. The summed E-state index contributed by atoms with van der Waals surface area (Å²) in [5.41, 5.74) is 0.422. The maximum Gasteiger partial charge on any atom is 0.410 e. The van der Waals surface area contributed by atoms with Crippen molar-refractivity contribution in [2.75, 3.05) is 0 Å². The summed E-state index contributed by atoms with van der Waals surface area (Å²) in [5, 5.41) is 0. The summed E-state index contributed by atoms with van der Waals surface area (Å²) in [6.07, 6.45) is -0.623. The van der Waals surface area contributed by atoms with Gasteiger partial charge in [-0.05, 0) is 30.5 Å². The zero-order valence-electron chi connectivity index (χ0n) is 11.2.